The molecule has 0 radical (unpaired) electrons. The first kappa shape index (κ1) is 9.30. The Morgan fingerprint density at radius 1 is 1.12 bits per heavy atom. The number of aromatic nitrogens is 4. The summed E-state index contributed by atoms with van der Waals surface area (Å²) in [5.74, 6) is 0. The zero-order valence-corrected chi connectivity index (χ0v) is 8.96. The Balaban J connectivity index is 2.19. The molecule has 0 N–H and O–H groups in total. The highest BCUT2D eigenvalue weighted by molar-refractivity contribution is 6.29. The highest BCUT2D eigenvalue weighted by Gasteiger charge is 2.03. The molecule has 0 aliphatic rings. The maximum Gasteiger partial charge on any atom is 0.129 e. The van der Waals surface area contributed by atoms with E-state index in [-0.39, 0.29) is 0 Å². The molecule has 3 rings (SSSR count). The first-order valence-electron chi connectivity index (χ1n) is 4.75. The summed E-state index contributed by atoms with van der Waals surface area (Å²) in [6.45, 7) is 0. The van der Waals surface area contributed by atoms with E-state index in [1.165, 1.54) is 0 Å². The van der Waals surface area contributed by atoms with Crippen LogP contribution in [-0.4, -0.2) is 19.7 Å². The van der Waals surface area contributed by atoms with Gasteiger partial charge in [0, 0.05) is 6.20 Å². The molecule has 0 atom stereocenters. The molecule has 0 spiro atoms. The molecule has 3 aromatic heterocycles. The second-order valence-electron chi connectivity index (χ2n) is 3.32. The number of fused-ring (bicyclic) bond motifs is 1. The third-order valence-electron chi connectivity index (χ3n) is 2.24. The van der Waals surface area contributed by atoms with Crippen LogP contribution >= 0.6 is 11.6 Å². The summed E-state index contributed by atoms with van der Waals surface area (Å²) in [5.41, 5.74) is 2.49. The van der Waals surface area contributed by atoms with Gasteiger partial charge in [-0.05, 0) is 24.3 Å². The molecule has 5 heteroatoms. The van der Waals surface area contributed by atoms with Crippen molar-refractivity contribution < 1.29 is 0 Å². The van der Waals surface area contributed by atoms with Gasteiger partial charge in [-0.3, -0.25) is 4.98 Å². The SMILES string of the molecule is Clc1ccc2nn(-c3cccnc3)cc2n1. The van der Waals surface area contributed by atoms with Gasteiger partial charge < -0.3 is 0 Å². The van der Waals surface area contributed by atoms with Gasteiger partial charge in [-0.1, -0.05) is 11.6 Å². The quantitative estimate of drug-likeness (QED) is 0.603. The Labute approximate surface area is 96.5 Å². The highest BCUT2D eigenvalue weighted by Crippen LogP contribution is 2.15. The van der Waals surface area contributed by atoms with Crippen molar-refractivity contribution in [3.63, 3.8) is 0 Å². The average Bonchev–Trinajstić information content (AvgIpc) is 2.73. The Bertz CT molecular complexity index is 633. The van der Waals surface area contributed by atoms with Crippen LogP contribution in [0.4, 0.5) is 0 Å². The van der Waals surface area contributed by atoms with Crippen molar-refractivity contribution in [2.45, 2.75) is 0 Å². The zero-order chi connectivity index (χ0) is 11.0. The molecule has 0 aliphatic heterocycles. The predicted molar refractivity (Wildman–Crippen MR) is 61.7 cm³/mol. The van der Waals surface area contributed by atoms with Gasteiger partial charge in [0.1, 0.15) is 16.2 Å². The molecule has 0 unspecified atom stereocenters. The van der Waals surface area contributed by atoms with E-state index in [1.807, 2.05) is 24.4 Å². The minimum atomic E-state index is 0.471. The monoisotopic (exact) mass is 230 g/mol. The van der Waals surface area contributed by atoms with Gasteiger partial charge in [-0.25, -0.2) is 9.67 Å². The summed E-state index contributed by atoms with van der Waals surface area (Å²) >= 11 is 5.81. The number of rotatable bonds is 1. The van der Waals surface area contributed by atoms with Crippen molar-refractivity contribution in [2.24, 2.45) is 0 Å². The molecule has 4 nitrogen and oxygen atoms in total. The predicted octanol–water partition coefficient (Wildman–Crippen LogP) is 2.47. The van der Waals surface area contributed by atoms with E-state index in [9.17, 15) is 0 Å². The molecule has 0 aromatic carbocycles. The minimum absolute atomic E-state index is 0.471. The van der Waals surface area contributed by atoms with E-state index in [1.54, 1.807) is 23.1 Å². The Hall–Kier alpha value is -1.94. The maximum atomic E-state index is 5.81. The molecule has 0 saturated heterocycles. The lowest BCUT2D eigenvalue weighted by atomic mass is 10.4. The van der Waals surface area contributed by atoms with E-state index >= 15 is 0 Å². The van der Waals surface area contributed by atoms with Gasteiger partial charge in [0.25, 0.3) is 0 Å². The number of hydrogen-bond donors (Lipinski definition) is 0. The van der Waals surface area contributed by atoms with Gasteiger partial charge in [-0.2, -0.15) is 5.10 Å². The zero-order valence-electron chi connectivity index (χ0n) is 8.21. The van der Waals surface area contributed by atoms with E-state index < -0.39 is 0 Å². The molecule has 16 heavy (non-hydrogen) atoms. The van der Waals surface area contributed by atoms with Crippen LogP contribution in [0.2, 0.25) is 5.15 Å². The van der Waals surface area contributed by atoms with Crippen LogP contribution in [0.15, 0.2) is 42.9 Å². The lowest BCUT2D eigenvalue weighted by Gasteiger charge is -1.97. The second kappa shape index (κ2) is 3.57. The molecule has 0 amide bonds. The van der Waals surface area contributed by atoms with Crippen molar-refractivity contribution >= 4 is 22.6 Å². The molecule has 0 aliphatic carbocycles. The molecule has 3 aromatic rings. The Morgan fingerprint density at radius 3 is 2.88 bits per heavy atom. The molecular weight excluding hydrogens is 224 g/mol. The van der Waals surface area contributed by atoms with E-state index in [2.05, 4.69) is 15.1 Å². The lowest BCUT2D eigenvalue weighted by molar-refractivity contribution is 0.889. The summed E-state index contributed by atoms with van der Waals surface area (Å²) in [7, 11) is 0. The van der Waals surface area contributed by atoms with Crippen molar-refractivity contribution in [1.82, 2.24) is 19.7 Å². The normalized spacial score (nSPS) is 10.8. The summed E-state index contributed by atoms with van der Waals surface area (Å²) in [5, 5.41) is 4.85. The number of pyridine rings is 2. The third kappa shape index (κ3) is 1.53. The van der Waals surface area contributed by atoms with Gasteiger partial charge in [0.15, 0.2) is 0 Å². The molecule has 78 valence electrons. The number of nitrogens with zero attached hydrogens (tertiary/aromatic N) is 4. The summed E-state index contributed by atoms with van der Waals surface area (Å²) in [4.78, 5) is 8.22. The standard InChI is InChI=1S/C11H7ClN4/c12-11-4-3-9-10(14-11)7-16(15-9)8-2-1-5-13-6-8/h1-7H. The van der Waals surface area contributed by atoms with Crippen molar-refractivity contribution in [3.05, 3.63) is 48.0 Å². The largest absolute Gasteiger partial charge is 0.262 e. The molecule has 3 heterocycles. The van der Waals surface area contributed by atoms with Crippen LogP contribution in [-0.2, 0) is 0 Å². The molecule has 0 saturated carbocycles. The summed E-state index contributed by atoms with van der Waals surface area (Å²) in [6, 6.07) is 7.37. The molecule has 0 fully saturated rings. The molecule has 0 bridgehead atoms. The van der Waals surface area contributed by atoms with Crippen molar-refractivity contribution in [1.29, 1.82) is 0 Å². The van der Waals surface area contributed by atoms with Crippen molar-refractivity contribution in [3.8, 4) is 5.69 Å². The van der Waals surface area contributed by atoms with Crippen LogP contribution in [0, 0.1) is 0 Å². The average molecular weight is 231 g/mol. The highest BCUT2D eigenvalue weighted by atomic mass is 35.5. The Morgan fingerprint density at radius 2 is 2.06 bits per heavy atom. The molecular formula is C11H7ClN4. The minimum Gasteiger partial charge on any atom is -0.262 e. The summed E-state index contributed by atoms with van der Waals surface area (Å²) < 4.78 is 1.74. The van der Waals surface area contributed by atoms with Crippen LogP contribution < -0.4 is 0 Å². The van der Waals surface area contributed by atoms with Gasteiger partial charge in [-0.15, -0.1) is 0 Å². The van der Waals surface area contributed by atoms with Crippen LogP contribution in [0.25, 0.3) is 16.7 Å². The van der Waals surface area contributed by atoms with Crippen molar-refractivity contribution in [2.75, 3.05) is 0 Å². The third-order valence-corrected chi connectivity index (χ3v) is 2.45. The van der Waals surface area contributed by atoms with E-state index in [0.29, 0.717) is 5.15 Å². The Kier molecular flexibility index (Phi) is 2.08. The first-order chi connectivity index (χ1) is 7.83. The number of hydrogen-bond acceptors (Lipinski definition) is 3. The van der Waals surface area contributed by atoms with Crippen LogP contribution in [0.5, 0.6) is 0 Å². The fraction of sp³-hybridized carbons (Fsp3) is 0. The van der Waals surface area contributed by atoms with Gasteiger partial charge >= 0.3 is 0 Å². The van der Waals surface area contributed by atoms with Gasteiger partial charge in [0.05, 0.1) is 18.1 Å². The smallest absolute Gasteiger partial charge is 0.129 e. The maximum absolute atomic E-state index is 5.81. The topological polar surface area (TPSA) is 43.6 Å². The van der Waals surface area contributed by atoms with E-state index in [4.69, 9.17) is 11.6 Å². The fourth-order valence-electron chi connectivity index (χ4n) is 1.50. The van der Waals surface area contributed by atoms with E-state index in [0.717, 1.165) is 16.7 Å². The van der Waals surface area contributed by atoms with Crippen LogP contribution in [0.3, 0.4) is 0 Å². The summed E-state index contributed by atoms with van der Waals surface area (Å²) in [6.07, 6.45) is 5.30. The first-order valence-corrected chi connectivity index (χ1v) is 5.13. The van der Waals surface area contributed by atoms with Crippen LogP contribution in [0.1, 0.15) is 0 Å². The second-order valence-corrected chi connectivity index (χ2v) is 3.71. The fourth-order valence-corrected chi connectivity index (χ4v) is 1.66. The van der Waals surface area contributed by atoms with Gasteiger partial charge in [0.2, 0.25) is 0 Å². The number of halogens is 1. The lowest BCUT2D eigenvalue weighted by Crippen LogP contribution is -1.93.